The molecule has 2 rings (SSSR count). The molecular formula is C15H17NO3. The zero-order valence-electron chi connectivity index (χ0n) is 11.5. The number of hydrogen-bond donors (Lipinski definition) is 1. The number of aromatic nitrogens is 1. The van der Waals surface area contributed by atoms with Crippen LogP contribution in [-0.4, -0.2) is 16.8 Å². The maximum absolute atomic E-state index is 12.1. The third kappa shape index (κ3) is 2.21. The molecular weight excluding hydrogens is 242 g/mol. The summed E-state index contributed by atoms with van der Waals surface area (Å²) in [5, 5.41) is 10.2. The highest BCUT2D eigenvalue weighted by atomic mass is 16.5. The number of hydrogen-bond acceptors (Lipinski definition) is 3. The van der Waals surface area contributed by atoms with Gasteiger partial charge in [-0.3, -0.25) is 4.79 Å². The molecule has 0 atom stereocenters. The number of aryl methyl sites for hydroxylation is 2. The Morgan fingerprint density at radius 3 is 2.47 bits per heavy atom. The van der Waals surface area contributed by atoms with Crippen LogP contribution in [0.1, 0.15) is 16.7 Å². The third-order valence-corrected chi connectivity index (χ3v) is 3.27. The number of pyridine rings is 1. The van der Waals surface area contributed by atoms with Crippen LogP contribution in [-0.2, 0) is 0 Å². The summed E-state index contributed by atoms with van der Waals surface area (Å²) in [6.07, 6.45) is 0. The molecule has 0 saturated heterocycles. The Bertz CT molecular complexity index is 687. The molecule has 1 N–H and O–H groups in total. The molecule has 0 radical (unpaired) electrons. The van der Waals surface area contributed by atoms with Crippen molar-refractivity contribution in [1.82, 2.24) is 4.57 Å². The molecule has 0 bridgehead atoms. The highest BCUT2D eigenvalue weighted by molar-refractivity contribution is 5.52. The van der Waals surface area contributed by atoms with Gasteiger partial charge in [-0.25, -0.2) is 4.57 Å². The second-order valence-corrected chi connectivity index (χ2v) is 4.62. The van der Waals surface area contributed by atoms with E-state index in [9.17, 15) is 9.90 Å². The SMILES string of the molecule is COc1ccc(C)cc1-n1c(O)c(C)c(C)cc1=O. The van der Waals surface area contributed by atoms with Gasteiger partial charge in [-0.1, -0.05) is 6.07 Å². The molecule has 2 aromatic rings. The van der Waals surface area contributed by atoms with Gasteiger partial charge < -0.3 is 9.84 Å². The van der Waals surface area contributed by atoms with Crippen molar-refractivity contribution >= 4 is 0 Å². The Balaban J connectivity index is 2.83. The van der Waals surface area contributed by atoms with Crippen molar-refractivity contribution < 1.29 is 9.84 Å². The van der Waals surface area contributed by atoms with Crippen LogP contribution in [0, 0.1) is 20.8 Å². The smallest absolute Gasteiger partial charge is 0.258 e. The van der Waals surface area contributed by atoms with Gasteiger partial charge in [-0.05, 0) is 44.0 Å². The molecule has 0 aliphatic rings. The predicted octanol–water partition coefficient (Wildman–Crippen LogP) is 2.48. The van der Waals surface area contributed by atoms with Crippen molar-refractivity contribution in [2.24, 2.45) is 0 Å². The standard InChI is InChI=1S/C15H17NO3/c1-9-5-6-13(19-4)12(7-9)16-14(17)8-10(2)11(3)15(16)18/h5-8,18H,1-4H3. The summed E-state index contributed by atoms with van der Waals surface area (Å²) >= 11 is 0. The lowest BCUT2D eigenvalue weighted by Crippen LogP contribution is -2.19. The molecule has 0 fully saturated rings. The van der Waals surface area contributed by atoms with Gasteiger partial charge in [0.2, 0.25) is 5.88 Å². The summed E-state index contributed by atoms with van der Waals surface area (Å²) in [6.45, 7) is 5.50. The zero-order chi connectivity index (χ0) is 14.2. The predicted molar refractivity (Wildman–Crippen MR) is 74.5 cm³/mol. The van der Waals surface area contributed by atoms with Crippen LogP contribution in [0.15, 0.2) is 29.1 Å². The second kappa shape index (κ2) is 4.80. The van der Waals surface area contributed by atoms with Gasteiger partial charge in [0.05, 0.1) is 12.8 Å². The average molecular weight is 259 g/mol. The van der Waals surface area contributed by atoms with Gasteiger partial charge in [0, 0.05) is 11.6 Å². The van der Waals surface area contributed by atoms with Crippen LogP contribution < -0.4 is 10.3 Å². The normalized spacial score (nSPS) is 10.5. The van der Waals surface area contributed by atoms with Crippen molar-refractivity contribution in [1.29, 1.82) is 0 Å². The zero-order valence-corrected chi connectivity index (χ0v) is 11.5. The fourth-order valence-corrected chi connectivity index (χ4v) is 2.01. The van der Waals surface area contributed by atoms with Crippen molar-refractivity contribution in [2.75, 3.05) is 7.11 Å². The van der Waals surface area contributed by atoms with E-state index >= 15 is 0 Å². The van der Waals surface area contributed by atoms with Gasteiger partial charge in [0.15, 0.2) is 0 Å². The minimum Gasteiger partial charge on any atom is -0.495 e. The fourth-order valence-electron chi connectivity index (χ4n) is 2.01. The van der Waals surface area contributed by atoms with E-state index in [1.807, 2.05) is 19.1 Å². The van der Waals surface area contributed by atoms with E-state index in [0.29, 0.717) is 17.0 Å². The number of rotatable bonds is 2. The largest absolute Gasteiger partial charge is 0.495 e. The summed E-state index contributed by atoms with van der Waals surface area (Å²) < 4.78 is 6.54. The van der Waals surface area contributed by atoms with Gasteiger partial charge in [0.25, 0.3) is 5.56 Å². The first-order valence-electron chi connectivity index (χ1n) is 6.03. The van der Waals surface area contributed by atoms with E-state index in [1.54, 1.807) is 19.9 Å². The first kappa shape index (κ1) is 13.2. The first-order chi connectivity index (χ1) is 8.95. The Morgan fingerprint density at radius 2 is 1.84 bits per heavy atom. The van der Waals surface area contributed by atoms with Crippen LogP contribution in [0.2, 0.25) is 0 Å². The van der Waals surface area contributed by atoms with Crippen molar-refractivity contribution in [3.05, 3.63) is 51.3 Å². The highest BCUT2D eigenvalue weighted by Gasteiger charge is 2.14. The van der Waals surface area contributed by atoms with E-state index < -0.39 is 0 Å². The Morgan fingerprint density at radius 1 is 1.16 bits per heavy atom. The van der Waals surface area contributed by atoms with Crippen LogP contribution in [0.25, 0.3) is 5.69 Å². The second-order valence-electron chi connectivity index (χ2n) is 4.62. The van der Waals surface area contributed by atoms with Crippen LogP contribution in [0.5, 0.6) is 11.6 Å². The minimum absolute atomic E-state index is 0.0473. The molecule has 100 valence electrons. The summed E-state index contributed by atoms with van der Waals surface area (Å²) in [5.41, 5.74) is 2.71. The fraction of sp³-hybridized carbons (Fsp3) is 0.267. The number of ether oxygens (including phenoxy) is 1. The third-order valence-electron chi connectivity index (χ3n) is 3.27. The maximum Gasteiger partial charge on any atom is 0.258 e. The topological polar surface area (TPSA) is 51.5 Å². The molecule has 19 heavy (non-hydrogen) atoms. The van der Waals surface area contributed by atoms with E-state index in [1.165, 1.54) is 17.7 Å². The van der Waals surface area contributed by atoms with E-state index in [4.69, 9.17) is 4.74 Å². The van der Waals surface area contributed by atoms with Crippen LogP contribution in [0.3, 0.4) is 0 Å². The first-order valence-corrected chi connectivity index (χ1v) is 6.03. The lowest BCUT2D eigenvalue weighted by atomic mass is 10.1. The minimum atomic E-state index is -0.274. The summed E-state index contributed by atoms with van der Waals surface area (Å²) in [4.78, 5) is 12.1. The molecule has 0 aliphatic carbocycles. The quantitative estimate of drug-likeness (QED) is 0.901. The van der Waals surface area contributed by atoms with Crippen LogP contribution in [0.4, 0.5) is 0 Å². The molecule has 0 saturated carbocycles. The van der Waals surface area contributed by atoms with Gasteiger partial charge >= 0.3 is 0 Å². The van der Waals surface area contributed by atoms with Crippen LogP contribution >= 0.6 is 0 Å². The average Bonchev–Trinajstić information content (AvgIpc) is 2.36. The van der Waals surface area contributed by atoms with E-state index in [0.717, 1.165) is 11.1 Å². The molecule has 0 amide bonds. The molecule has 1 aromatic carbocycles. The lowest BCUT2D eigenvalue weighted by Gasteiger charge is -2.15. The lowest BCUT2D eigenvalue weighted by molar-refractivity contribution is 0.402. The number of benzene rings is 1. The Kier molecular flexibility index (Phi) is 3.34. The molecule has 1 aromatic heterocycles. The maximum atomic E-state index is 12.1. The molecule has 0 unspecified atom stereocenters. The molecule has 1 heterocycles. The molecule has 4 nitrogen and oxygen atoms in total. The number of nitrogens with zero attached hydrogens (tertiary/aromatic N) is 1. The van der Waals surface area contributed by atoms with Gasteiger partial charge in [-0.15, -0.1) is 0 Å². The van der Waals surface area contributed by atoms with Gasteiger partial charge in [-0.2, -0.15) is 0 Å². The van der Waals surface area contributed by atoms with Crippen molar-refractivity contribution in [3.63, 3.8) is 0 Å². The number of methoxy groups -OCH3 is 1. The highest BCUT2D eigenvalue weighted by Crippen LogP contribution is 2.28. The van der Waals surface area contributed by atoms with Gasteiger partial charge in [0.1, 0.15) is 5.75 Å². The summed E-state index contributed by atoms with van der Waals surface area (Å²) in [5.74, 6) is 0.500. The van der Waals surface area contributed by atoms with E-state index in [-0.39, 0.29) is 11.4 Å². The summed E-state index contributed by atoms with van der Waals surface area (Å²) in [6, 6.07) is 7.00. The Labute approximate surface area is 111 Å². The van der Waals surface area contributed by atoms with Crippen molar-refractivity contribution in [2.45, 2.75) is 20.8 Å². The molecule has 0 aliphatic heterocycles. The Hall–Kier alpha value is -2.23. The summed E-state index contributed by atoms with van der Waals surface area (Å²) in [7, 11) is 1.54. The van der Waals surface area contributed by atoms with Crippen molar-refractivity contribution in [3.8, 4) is 17.3 Å². The number of aromatic hydroxyl groups is 1. The monoisotopic (exact) mass is 259 g/mol. The molecule has 0 spiro atoms. The van der Waals surface area contributed by atoms with E-state index in [2.05, 4.69) is 0 Å². The molecule has 4 heteroatoms.